The number of fused-ring (bicyclic) bond motifs is 1. The van der Waals surface area contributed by atoms with E-state index in [2.05, 4.69) is 14.9 Å². The fraction of sp³-hybridized carbons (Fsp3) is 0.280. The third-order valence-electron chi connectivity index (χ3n) is 6.12. The number of benzene rings is 2. The summed E-state index contributed by atoms with van der Waals surface area (Å²) in [6, 6.07) is 13.1. The number of piperazine rings is 1. The molecule has 9 nitrogen and oxygen atoms in total. The van der Waals surface area contributed by atoms with Crippen molar-refractivity contribution in [3.8, 4) is 17.1 Å². The molecule has 0 aliphatic carbocycles. The number of nitrogens with one attached hydrogen (secondary N) is 1. The van der Waals surface area contributed by atoms with Crippen LogP contribution in [0.2, 0.25) is 0 Å². The Bertz CT molecular complexity index is 1330. The number of H-pyrrole nitrogens is 1. The molecule has 3 N–H and O–H groups in total. The van der Waals surface area contributed by atoms with Crippen molar-refractivity contribution < 1.29 is 19.3 Å². The number of aromatic amines is 1. The predicted octanol–water partition coefficient (Wildman–Crippen LogP) is 3.02. The van der Waals surface area contributed by atoms with Gasteiger partial charge in [-0.15, -0.1) is 0 Å². The summed E-state index contributed by atoms with van der Waals surface area (Å²) in [4.78, 5) is 33.0. The van der Waals surface area contributed by atoms with E-state index in [0.29, 0.717) is 37.6 Å². The number of phenols is 1. The maximum atomic E-state index is 12.8. The van der Waals surface area contributed by atoms with Crippen LogP contribution in [0.1, 0.15) is 15.5 Å². The van der Waals surface area contributed by atoms with Gasteiger partial charge in [0.25, 0.3) is 5.91 Å². The lowest BCUT2D eigenvalue weighted by atomic mass is 10.1. The molecule has 1 aliphatic rings. The Morgan fingerprint density at radius 1 is 1.15 bits per heavy atom. The molecular weight excluding hydrogens is 432 g/mol. The maximum Gasteiger partial charge on any atom is 0.251 e. The van der Waals surface area contributed by atoms with E-state index in [0.717, 1.165) is 28.0 Å². The molecular formula is C25H32N6O3. The summed E-state index contributed by atoms with van der Waals surface area (Å²) in [7, 11) is 0. The van der Waals surface area contributed by atoms with Crippen LogP contribution in [0.5, 0.6) is 5.75 Å². The van der Waals surface area contributed by atoms with Gasteiger partial charge in [0.2, 0.25) is 0 Å². The highest BCUT2D eigenvalue weighted by atomic mass is 16.3. The van der Waals surface area contributed by atoms with Crippen molar-refractivity contribution in [2.75, 3.05) is 31.1 Å². The lowest BCUT2D eigenvalue weighted by Crippen LogP contribution is -2.52. The van der Waals surface area contributed by atoms with Crippen molar-refractivity contribution in [2.45, 2.75) is 19.4 Å². The fourth-order valence-electron chi connectivity index (χ4n) is 4.29. The van der Waals surface area contributed by atoms with Gasteiger partial charge in [-0.1, -0.05) is 18.2 Å². The van der Waals surface area contributed by atoms with E-state index in [-0.39, 0.29) is 22.4 Å². The monoisotopic (exact) mass is 464 g/mol. The molecule has 0 radical (unpaired) electrons. The molecule has 1 atom stereocenters. The van der Waals surface area contributed by atoms with Crippen LogP contribution in [-0.4, -0.2) is 73.2 Å². The minimum Gasteiger partial charge on any atom is -0.507 e. The summed E-state index contributed by atoms with van der Waals surface area (Å²) in [5.41, 5.74) is 3.18. The number of carbonyl (C=O) groups excluding carboxylic acids is 1. The first-order valence-corrected chi connectivity index (χ1v) is 11.3. The van der Waals surface area contributed by atoms with E-state index < -0.39 is 6.10 Å². The first kappa shape index (κ1) is 21.8. The molecule has 3 heterocycles. The lowest BCUT2D eigenvalue weighted by molar-refractivity contribution is -0.140. The van der Waals surface area contributed by atoms with E-state index in [9.17, 15) is 15.0 Å². The van der Waals surface area contributed by atoms with Gasteiger partial charge in [0.15, 0.2) is 5.82 Å². The zero-order valence-electron chi connectivity index (χ0n) is 18.8. The van der Waals surface area contributed by atoms with Gasteiger partial charge < -0.3 is 25.0 Å². The van der Waals surface area contributed by atoms with Crippen molar-refractivity contribution in [3.05, 3.63) is 66.2 Å². The maximum absolute atomic E-state index is 12.8. The molecule has 1 aliphatic heterocycles. The number of rotatable bonds is 5. The number of hydrogen-bond acceptors (Lipinski definition) is 7. The third-order valence-corrected chi connectivity index (χ3v) is 6.12. The minimum atomic E-state index is -1.11. The van der Waals surface area contributed by atoms with Gasteiger partial charge in [-0.05, 0) is 36.8 Å². The highest BCUT2D eigenvalue weighted by molar-refractivity contribution is 5.92. The second kappa shape index (κ2) is 9.11. The van der Waals surface area contributed by atoms with Gasteiger partial charge in [-0.25, -0.2) is 15.0 Å². The van der Waals surface area contributed by atoms with Crippen molar-refractivity contribution in [2.24, 2.45) is 0 Å². The van der Waals surface area contributed by atoms with Gasteiger partial charge in [-0.3, -0.25) is 4.79 Å². The fourth-order valence-corrected chi connectivity index (χ4v) is 4.29. The molecule has 9 heteroatoms. The molecule has 1 fully saturated rings. The number of para-hydroxylation sites is 1. The standard InChI is InChI=1S/C25H26N6O3.3H2/c1-16-6-7-18-20(12-16)28-23(19-4-2-3-5-21(19)32)29-24(18)30-8-10-31(11-9-30)25(34)22(33)13-17-14-26-15-27-17;;;/h2-7,12,14-15,22,32-33H,8-11,13H2,1H3,(H,26,27);3*1H/t22-;;;/m0.../s1. The Labute approximate surface area is 201 Å². The molecule has 0 bridgehead atoms. The summed E-state index contributed by atoms with van der Waals surface area (Å²) in [6.45, 7) is 4.11. The first-order chi connectivity index (χ1) is 16.5. The smallest absolute Gasteiger partial charge is 0.251 e. The van der Waals surface area contributed by atoms with Crippen LogP contribution >= 0.6 is 0 Å². The van der Waals surface area contributed by atoms with E-state index in [4.69, 9.17) is 9.97 Å². The average molecular weight is 465 g/mol. The van der Waals surface area contributed by atoms with Crippen LogP contribution < -0.4 is 4.90 Å². The van der Waals surface area contributed by atoms with Crippen molar-refractivity contribution in [3.63, 3.8) is 0 Å². The third kappa shape index (κ3) is 4.29. The van der Waals surface area contributed by atoms with Crippen LogP contribution in [0.4, 0.5) is 5.82 Å². The second-order valence-corrected chi connectivity index (χ2v) is 8.52. The number of aliphatic hydroxyl groups excluding tert-OH is 1. The summed E-state index contributed by atoms with van der Waals surface area (Å²) in [6.07, 6.45) is 2.24. The number of aromatic nitrogens is 4. The van der Waals surface area contributed by atoms with Crippen molar-refractivity contribution in [1.82, 2.24) is 24.8 Å². The SMILES string of the molecule is Cc1ccc2c(N3CCN(C(=O)[C@@H](O)Cc4cnc[nH]4)CC3)nc(-c3ccccc3O)nc2c1.[HH].[HH].[HH]. The number of carbonyl (C=O) groups is 1. The second-order valence-electron chi connectivity index (χ2n) is 8.52. The van der Waals surface area contributed by atoms with Crippen molar-refractivity contribution in [1.29, 1.82) is 0 Å². The molecule has 1 saturated heterocycles. The molecule has 5 rings (SSSR count). The highest BCUT2D eigenvalue weighted by Gasteiger charge is 2.28. The Morgan fingerprint density at radius 2 is 1.94 bits per heavy atom. The molecule has 180 valence electrons. The van der Waals surface area contributed by atoms with Gasteiger partial charge in [0, 0.05) is 54.2 Å². The topological polar surface area (TPSA) is 118 Å². The van der Waals surface area contributed by atoms with Gasteiger partial charge in [0.05, 0.1) is 17.4 Å². The molecule has 34 heavy (non-hydrogen) atoms. The molecule has 1 amide bonds. The Hall–Kier alpha value is -3.98. The van der Waals surface area contributed by atoms with Crippen LogP contribution in [0.3, 0.4) is 0 Å². The van der Waals surface area contributed by atoms with Crippen LogP contribution in [0.15, 0.2) is 55.0 Å². The molecule has 0 saturated carbocycles. The Kier molecular flexibility index (Phi) is 5.85. The summed E-state index contributed by atoms with van der Waals surface area (Å²) >= 11 is 0. The van der Waals surface area contributed by atoms with Crippen LogP contribution in [0, 0.1) is 6.92 Å². The zero-order chi connectivity index (χ0) is 23.7. The number of aryl methyl sites for hydroxylation is 1. The number of anilines is 1. The molecule has 0 spiro atoms. The molecule has 0 unspecified atom stereocenters. The molecule has 2 aromatic heterocycles. The first-order valence-electron chi connectivity index (χ1n) is 11.3. The quantitative estimate of drug-likeness (QED) is 0.415. The lowest BCUT2D eigenvalue weighted by Gasteiger charge is -2.36. The normalized spacial score (nSPS) is 15.0. The average Bonchev–Trinajstić information content (AvgIpc) is 3.36. The highest BCUT2D eigenvalue weighted by Crippen LogP contribution is 2.32. The van der Waals surface area contributed by atoms with Crippen LogP contribution in [0.25, 0.3) is 22.3 Å². The van der Waals surface area contributed by atoms with E-state index in [1.165, 1.54) is 6.33 Å². The molecule has 4 aromatic rings. The van der Waals surface area contributed by atoms with E-state index >= 15 is 0 Å². The number of aromatic hydroxyl groups is 1. The van der Waals surface area contributed by atoms with Gasteiger partial charge >= 0.3 is 0 Å². The molecule has 2 aromatic carbocycles. The number of nitrogens with zero attached hydrogens (tertiary/aromatic N) is 5. The largest absolute Gasteiger partial charge is 0.507 e. The van der Waals surface area contributed by atoms with Crippen molar-refractivity contribution >= 4 is 22.6 Å². The number of hydrogen-bond donors (Lipinski definition) is 3. The van der Waals surface area contributed by atoms with Crippen LogP contribution in [-0.2, 0) is 11.2 Å². The summed E-state index contributed by atoms with van der Waals surface area (Å²) < 4.78 is 0. The number of phenolic OH excluding ortho intramolecular Hbond substituents is 1. The number of imidazole rings is 1. The number of amides is 1. The Morgan fingerprint density at radius 3 is 2.68 bits per heavy atom. The van der Waals surface area contributed by atoms with E-state index in [1.54, 1.807) is 29.3 Å². The van der Waals surface area contributed by atoms with E-state index in [1.807, 2.05) is 31.2 Å². The minimum absolute atomic E-state index is 0. The Balaban J connectivity index is 0.00000160. The zero-order valence-corrected chi connectivity index (χ0v) is 18.8. The summed E-state index contributed by atoms with van der Waals surface area (Å²) in [5.74, 6) is 1.07. The number of aliphatic hydroxyl groups is 1. The summed E-state index contributed by atoms with van der Waals surface area (Å²) in [5, 5.41) is 21.7. The van der Waals surface area contributed by atoms with Gasteiger partial charge in [0.1, 0.15) is 17.7 Å². The van der Waals surface area contributed by atoms with Gasteiger partial charge in [-0.2, -0.15) is 0 Å². The predicted molar refractivity (Wildman–Crippen MR) is 135 cm³/mol.